The molecule has 3 saturated heterocycles. The molecule has 0 aliphatic carbocycles. The van der Waals surface area contributed by atoms with Crippen molar-refractivity contribution in [1.82, 2.24) is 29.4 Å². The number of nitrogens with zero attached hydrogens (tertiary/aromatic N) is 9. The number of halogens is 1. The van der Waals surface area contributed by atoms with E-state index in [0.717, 1.165) is 104 Å². The molecule has 0 unspecified atom stereocenters. The number of piperazine rings is 3. The summed E-state index contributed by atoms with van der Waals surface area (Å²) in [4.78, 5) is 73.5. The van der Waals surface area contributed by atoms with Crippen molar-refractivity contribution in [2.75, 3.05) is 112 Å². The second kappa shape index (κ2) is 27.6. The Morgan fingerprint density at radius 2 is 0.837 bits per heavy atom. The predicted octanol–water partition coefficient (Wildman–Crippen LogP) is 11.1. The Morgan fingerprint density at radius 1 is 0.467 bits per heavy atom. The Hall–Kier alpha value is -9.38. The highest BCUT2D eigenvalue weighted by Crippen LogP contribution is 2.44. The highest BCUT2D eigenvalue weighted by atomic mass is 19.1. The first-order chi connectivity index (χ1) is 43.9. The van der Waals surface area contributed by atoms with E-state index >= 15 is 0 Å². The van der Waals surface area contributed by atoms with E-state index in [0.29, 0.717) is 109 Å². The SMILES string of the molecule is COc1ccc2c(c1)Oc1ccc(F)cc1C(N1CCN(CC(C)(C)C(=O)O)CC1)=N2.COc1ccc2c(c1)Oc1ccccc1C(N1CCN(CC(C)(C)C(=O)O)CC1)=N2.Cc1ccc2c(c1)C(N1CCN(CC(C)(C)C(=O)O)CC1)=Nc1ccc(C=O)cc1O2. The van der Waals surface area contributed by atoms with E-state index in [9.17, 15) is 38.9 Å². The van der Waals surface area contributed by atoms with Gasteiger partial charge >= 0.3 is 17.9 Å². The number of aliphatic imine (C=N–C) groups is 3. The summed E-state index contributed by atoms with van der Waals surface area (Å²) < 4.78 is 43.2. The van der Waals surface area contributed by atoms with E-state index in [4.69, 9.17) is 38.7 Å². The third-order valence-electron chi connectivity index (χ3n) is 17.1. The molecule has 12 rings (SSSR count). The third-order valence-corrected chi connectivity index (χ3v) is 17.1. The van der Waals surface area contributed by atoms with Crippen molar-refractivity contribution in [3.63, 3.8) is 0 Å². The Kier molecular flexibility index (Phi) is 19.7. The number of benzene rings is 6. The average Bonchev–Trinajstić information content (AvgIpc) is 1.65. The summed E-state index contributed by atoms with van der Waals surface area (Å²) in [5, 5.41) is 28.3. The van der Waals surface area contributed by atoms with Crippen LogP contribution in [0.3, 0.4) is 0 Å². The maximum atomic E-state index is 14.1. The number of hydrogen-bond acceptors (Lipinski definition) is 18. The normalized spacial score (nSPS) is 16.5. The maximum Gasteiger partial charge on any atom is 0.310 e. The molecule has 484 valence electrons. The highest BCUT2D eigenvalue weighted by Gasteiger charge is 2.36. The molecular weight excluding hydrogens is 1180 g/mol. The molecule has 0 bridgehead atoms. The third kappa shape index (κ3) is 15.2. The van der Waals surface area contributed by atoms with Gasteiger partial charge in [0, 0.05) is 116 Å². The fourth-order valence-corrected chi connectivity index (χ4v) is 11.6. The van der Waals surface area contributed by atoms with Crippen LogP contribution in [0.1, 0.15) is 74.2 Å². The van der Waals surface area contributed by atoms with Crippen LogP contribution < -0.4 is 23.7 Å². The van der Waals surface area contributed by atoms with Gasteiger partial charge in [-0.15, -0.1) is 0 Å². The molecule has 6 aliphatic rings. The Balaban J connectivity index is 0.000000151. The van der Waals surface area contributed by atoms with Gasteiger partial charge in [-0.2, -0.15) is 0 Å². The number of aryl methyl sites for hydroxylation is 1. The van der Waals surface area contributed by atoms with Crippen LogP contribution in [0.4, 0.5) is 21.5 Å². The Morgan fingerprint density at radius 3 is 1.25 bits per heavy atom. The number of aliphatic carboxylic acids is 3. The molecule has 3 N–H and O–H groups in total. The number of aldehydes is 1. The van der Waals surface area contributed by atoms with Crippen molar-refractivity contribution in [3.8, 4) is 46.0 Å². The number of methoxy groups -OCH3 is 2. The van der Waals surface area contributed by atoms with Gasteiger partial charge in [-0.1, -0.05) is 23.8 Å². The first-order valence-electron chi connectivity index (χ1n) is 30.8. The minimum atomic E-state index is -0.816. The van der Waals surface area contributed by atoms with Gasteiger partial charge < -0.3 is 53.7 Å². The average molecular weight is 1260 g/mol. The highest BCUT2D eigenvalue weighted by molar-refractivity contribution is 6.06. The molecule has 21 nitrogen and oxygen atoms in total. The molecule has 0 atom stereocenters. The minimum Gasteiger partial charge on any atom is -0.497 e. The van der Waals surface area contributed by atoms with Crippen LogP contribution >= 0.6 is 0 Å². The summed E-state index contributed by atoms with van der Waals surface area (Å²) in [6.45, 7) is 22.9. The summed E-state index contributed by atoms with van der Waals surface area (Å²) in [7, 11) is 3.22. The molecule has 6 aliphatic heterocycles. The van der Waals surface area contributed by atoms with Gasteiger partial charge in [0.15, 0.2) is 17.2 Å². The summed E-state index contributed by atoms with van der Waals surface area (Å²) in [6.07, 6.45) is 0.799. The van der Waals surface area contributed by atoms with Crippen LogP contribution in [-0.4, -0.2) is 199 Å². The van der Waals surface area contributed by atoms with E-state index in [1.54, 1.807) is 80.0 Å². The predicted molar refractivity (Wildman–Crippen MR) is 349 cm³/mol. The van der Waals surface area contributed by atoms with Crippen molar-refractivity contribution in [1.29, 1.82) is 0 Å². The monoisotopic (exact) mass is 1260 g/mol. The number of carbonyl (C=O) groups excluding carboxylic acids is 1. The summed E-state index contributed by atoms with van der Waals surface area (Å²) in [6, 6.07) is 34.6. The number of carbonyl (C=O) groups is 4. The molecule has 3 fully saturated rings. The van der Waals surface area contributed by atoms with Crippen LogP contribution in [0, 0.1) is 29.0 Å². The van der Waals surface area contributed by atoms with Gasteiger partial charge in [0.05, 0.1) is 47.2 Å². The van der Waals surface area contributed by atoms with E-state index in [2.05, 4.69) is 35.5 Å². The van der Waals surface area contributed by atoms with Gasteiger partial charge in [0.2, 0.25) is 0 Å². The van der Waals surface area contributed by atoms with Crippen LogP contribution in [0.2, 0.25) is 0 Å². The molecule has 6 aromatic rings. The van der Waals surface area contributed by atoms with Gasteiger partial charge in [0.1, 0.15) is 75.4 Å². The van der Waals surface area contributed by atoms with Crippen LogP contribution in [0.25, 0.3) is 0 Å². The smallest absolute Gasteiger partial charge is 0.310 e. The van der Waals surface area contributed by atoms with E-state index in [-0.39, 0.29) is 5.82 Å². The number of para-hydroxylation sites is 1. The molecule has 22 heteroatoms. The van der Waals surface area contributed by atoms with Gasteiger partial charge in [-0.3, -0.25) is 33.9 Å². The maximum absolute atomic E-state index is 14.1. The molecule has 0 radical (unpaired) electrons. The lowest BCUT2D eigenvalue weighted by Crippen LogP contribution is -2.52. The molecule has 6 heterocycles. The number of carboxylic acids is 3. The van der Waals surface area contributed by atoms with E-state index < -0.39 is 34.2 Å². The molecule has 6 aromatic carbocycles. The molecule has 0 amide bonds. The van der Waals surface area contributed by atoms with Crippen molar-refractivity contribution >= 4 is 58.8 Å². The zero-order valence-corrected chi connectivity index (χ0v) is 53.6. The van der Waals surface area contributed by atoms with Crippen LogP contribution in [0.5, 0.6) is 46.0 Å². The van der Waals surface area contributed by atoms with E-state index in [1.807, 2.05) is 79.7 Å². The lowest BCUT2D eigenvalue weighted by atomic mass is 9.93. The van der Waals surface area contributed by atoms with Crippen molar-refractivity contribution in [2.45, 2.75) is 48.5 Å². The van der Waals surface area contributed by atoms with E-state index in [1.165, 1.54) is 12.1 Å². The Labute approximate surface area is 535 Å². The summed E-state index contributed by atoms with van der Waals surface area (Å²) in [5.41, 5.74) is 3.84. The molecule has 0 aromatic heterocycles. The first-order valence-corrected chi connectivity index (χ1v) is 30.8. The number of rotatable bonds is 12. The lowest BCUT2D eigenvalue weighted by molar-refractivity contribution is -0.149. The molecule has 0 saturated carbocycles. The van der Waals surface area contributed by atoms with Gasteiger partial charge in [-0.05, 0) is 133 Å². The van der Waals surface area contributed by atoms with Crippen molar-refractivity contribution < 1.29 is 62.6 Å². The minimum absolute atomic E-state index is 0.361. The Bertz CT molecular complexity index is 3840. The fourth-order valence-electron chi connectivity index (χ4n) is 11.6. The lowest BCUT2D eigenvalue weighted by Gasteiger charge is -2.39. The fraction of sp³-hybridized carbons (Fsp3) is 0.386. The van der Waals surface area contributed by atoms with Crippen LogP contribution in [-0.2, 0) is 14.4 Å². The number of carboxylic acid groups (broad SMARTS) is 3. The second-order valence-electron chi connectivity index (χ2n) is 25.6. The van der Waals surface area contributed by atoms with Crippen molar-refractivity contribution in [3.05, 3.63) is 149 Å². The quantitative estimate of drug-likeness (QED) is 0.0967. The first kappa shape index (κ1) is 65.6. The molecule has 0 spiro atoms. The second-order valence-corrected chi connectivity index (χ2v) is 25.6. The van der Waals surface area contributed by atoms with Gasteiger partial charge in [0.25, 0.3) is 0 Å². The standard InChI is InChI=1S/C24H27N3O4.C23H26FN3O4.C23H27N3O4/c1-16-4-7-20-18(12-16)22(25-19-6-5-17(14-28)13-21(19)31-20)27-10-8-26(9-11-27)15-24(2,3)23(29)30;1-23(2,22(28)29)14-26-8-10-27(11-9-26)21-17-12-15(24)4-7-19(17)31-20-13-16(30-3)5-6-18(20)25-21;1-23(2,22(27)28)15-25-10-12-26(13-11-25)21-17-6-4-5-7-19(17)30-20-14-16(29-3)8-9-18(20)24-21/h4-7,12-14H,8-11,15H2,1-3H3,(H,29,30);4-7,12-13H,8-11,14H2,1-3H3,(H,28,29);4-9,14H,10-13,15H2,1-3H3,(H,27,28). The summed E-state index contributed by atoms with van der Waals surface area (Å²) in [5.74, 6) is 4.80. The molecule has 92 heavy (non-hydrogen) atoms. The number of fused-ring (bicyclic) bond motifs is 6. The van der Waals surface area contributed by atoms with Crippen LogP contribution in [0.15, 0.2) is 130 Å². The number of hydrogen-bond donors (Lipinski definition) is 3. The number of ether oxygens (including phenoxy) is 5. The van der Waals surface area contributed by atoms with Crippen molar-refractivity contribution in [2.24, 2.45) is 31.2 Å². The molecular formula is C70H80FN9O12. The zero-order valence-electron chi connectivity index (χ0n) is 53.6. The largest absolute Gasteiger partial charge is 0.497 e. The summed E-state index contributed by atoms with van der Waals surface area (Å²) >= 11 is 0. The number of amidine groups is 3. The topological polar surface area (TPSA) is 232 Å². The zero-order chi connectivity index (χ0) is 65.6. The van der Waals surface area contributed by atoms with Gasteiger partial charge in [-0.25, -0.2) is 19.4 Å².